The van der Waals surface area contributed by atoms with E-state index in [4.69, 9.17) is 47.4 Å². The van der Waals surface area contributed by atoms with E-state index in [1.54, 1.807) is 0 Å². The highest BCUT2D eigenvalue weighted by Gasteiger charge is 2.15. The SMILES string of the molecule is CCCCCCCCCC(=O)OCCOCCOCCOCCOCCOCCOCCOCCOCC(=O)OC(C)(C)C. The fraction of sp³-hybridized carbons (Fsp3) is 0.938. The quantitative estimate of drug-likeness (QED) is 0.0743. The maximum atomic E-state index is 11.7. The van der Waals surface area contributed by atoms with Gasteiger partial charge in [0.25, 0.3) is 0 Å². The lowest BCUT2D eigenvalue weighted by Gasteiger charge is -2.19. The molecule has 0 fully saturated rings. The van der Waals surface area contributed by atoms with Gasteiger partial charge < -0.3 is 47.4 Å². The molecule has 0 saturated heterocycles. The van der Waals surface area contributed by atoms with E-state index in [9.17, 15) is 9.59 Å². The molecule has 12 heteroatoms. The number of hydrogen-bond donors (Lipinski definition) is 0. The molecule has 262 valence electrons. The minimum Gasteiger partial charge on any atom is -0.463 e. The number of unbranched alkanes of at least 4 members (excludes halogenated alkanes) is 6. The Bertz CT molecular complexity index is 627. The third-order valence-electron chi connectivity index (χ3n) is 5.72. The Kier molecular flexibility index (Phi) is 32.0. The van der Waals surface area contributed by atoms with Gasteiger partial charge in [-0.25, -0.2) is 4.79 Å². The molecule has 0 saturated carbocycles. The van der Waals surface area contributed by atoms with Crippen molar-refractivity contribution in [1.82, 2.24) is 0 Å². The van der Waals surface area contributed by atoms with Crippen molar-refractivity contribution in [3.8, 4) is 0 Å². The Balaban J connectivity index is 3.16. The Morgan fingerprint density at radius 3 is 1.16 bits per heavy atom. The summed E-state index contributed by atoms with van der Waals surface area (Å²) in [6.45, 7) is 14.6. The minimum absolute atomic E-state index is 0.0836. The molecule has 0 aromatic heterocycles. The van der Waals surface area contributed by atoms with Crippen LogP contribution in [-0.2, 0) is 57.0 Å². The first kappa shape index (κ1) is 42.6. The summed E-state index contributed by atoms with van der Waals surface area (Å²) < 4.78 is 53.6. The van der Waals surface area contributed by atoms with Crippen LogP contribution >= 0.6 is 0 Å². The van der Waals surface area contributed by atoms with Crippen molar-refractivity contribution in [2.24, 2.45) is 0 Å². The first-order valence-corrected chi connectivity index (χ1v) is 16.3. The van der Waals surface area contributed by atoms with Gasteiger partial charge in [-0.1, -0.05) is 45.4 Å². The highest BCUT2D eigenvalue weighted by atomic mass is 16.6. The van der Waals surface area contributed by atoms with Crippen LogP contribution in [0.5, 0.6) is 0 Å². The summed E-state index contributed by atoms with van der Waals surface area (Å²) in [6.07, 6.45) is 8.78. The molecule has 0 radical (unpaired) electrons. The van der Waals surface area contributed by atoms with E-state index in [0.29, 0.717) is 106 Å². The minimum atomic E-state index is -0.511. The number of carbonyl (C=O) groups excluding carboxylic acids is 2. The second kappa shape index (κ2) is 33.0. The van der Waals surface area contributed by atoms with Gasteiger partial charge in [0.05, 0.1) is 99.1 Å². The van der Waals surface area contributed by atoms with Crippen LogP contribution < -0.4 is 0 Å². The zero-order chi connectivity index (χ0) is 32.4. The first-order valence-electron chi connectivity index (χ1n) is 16.3. The molecular formula is C32H62O12. The largest absolute Gasteiger partial charge is 0.463 e. The smallest absolute Gasteiger partial charge is 0.332 e. The van der Waals surface area contributed by atoms with Gasteiger partial charge in [0.2, 0.25) is 0 Å². The van der Waals surface area contributed by atoms with Crippen molar-refractivity contribution >= 4 is 11.9 Å². The van der Waals surface area contributed by atoms with Crippen LogP contribution in [0, 0.1) is 0 Å². The third kappa shape index (κ3) is 36.8. The Hall–Kier alpha value is -1.38. The third-order valence-corrected chi connectivity index (χ3v) is 5.72. The molecule has 44 heavy (non-hydrogen) atoms. The monoisotopic (exact) mass is 638 g/mol. The van der Waals surface area contributed by atoms with Crippen molar-refractivity contribution in [2.45, 2.75) is 84.7 Å². The summed E-state index contributed by atoms with van der Waals surface area (Å²) in [5, 5.41) is 0. The van der Waals surface area contributed by atoms with Crippen LogP contribution in [0.3, 0.4) is 0 Å². The lowest BCUT2D eigenvalue weighted by Crippen LogP contribution is -2.27. The standard InChI is InChI=1S/C32H62O12/c1-5-6-7-8-9-10-11-12-30(33)43-28-27-41-24-23-39-20-19-37-16-15-35-13-14-36-17-18-38-21-22-40-25-26-42-29-31(34)44-32(2,3)4/h5-29H2,1-4H3. The van der Waals surface area contributed by atoms with Crippen molar-refractivity contribution in [3.05, 3.63) is 0 Å². The number of rotatable bonds is 34. The van der Waals surface area contributed by atoms with Crippen molar-refractivity contribution in [1.29, 1.82) is 0 Å². The van der Waals surface area contributed by atoms with Crippen LogP contribution in [0.25, 0.3) is 0 Å². The molecular weight excluding hydrogens is 576 g/mol. The van der Waals surface area contributed by atoms with Crippen molar-refractivity contribution < 1.29 is 57.0 Å². The van der Waals surface area contributed by atoms with Crippen LogP contribution in [0.4, 0.5) is 0 Å². The molecule has 0 atom stereocenters. The predicted octanol–water partition coefficient (Wildman–Crippen LogP) is 4.14. The van der Waals surface area contributed by atoms with Crippen molar-refractivity contribution in [3.63, 3.8) is 0 Å². The molecule has 0 spiro atoms. The number of carbonyl (C=O) groups is 2. The second-order valence-corrected chi connectivity index (χ2v) is 11.0. The fourth-order valence-electron chi connectivity index (χ4n) is 3.58. The number of hydrogen-bond acceptors (Lipinski definition) is 12. The summed E-state index contributed by atoms with van der Waals surface area (Å²) in [5.74, 6) is -0.532. The van der Waals surface area contributed by atoms with Gasteiger partial charge >= 0.3 is 11.9 Å². The summed E-state index contributed by atoms with van der Waals surface area (Å²) in [4.78, 5) is 23.2. The maximum Gasteiger partial charge on any atom is 0.332 e. The normalized spacial score (nSPS) is 11.6. The van der Waals surface area contributed by atoms with Crippen LogP contribution in [-0.4, -0.2) is 130 Å². The molecule has 0 aromatic rings. The summed E-state index contributed by atoms with van der Waals surface area (Å²) in [5.41, 5.74) is -0.511. The molecule has 0 rings (SSSR count). The summed E-state index contributed by atoms with van der Waals surface area (Å²) >= 11 is 0. The molecule has 0 amide bonds. The number of esters is 2. The van der Waals surface area contributed by atoms with E-state index in [1.165, 1.54) is 32.1 Å². The van der Waals surface area contributed by atoms with Gasteiger partial charge in [0.15, 0.2) is 0 Å². The average Bonchev–Trinajstić information content (AvgIpc) is 2.97. The van der Waals surface area contributed by atoms with Crippen LogP contribution in [0.15, 0.2) is 0 Å². The maximum absolute atomic E-state index is 11.7. The topological polar surface area (TPSA) is 126 Å². The van der Waals surface area contributed by atoms with E-state index in [1.807, 2.05) is 20.8 Å². The van der Waals surface area contributed by atoms with Gasteiger partial charge in [-0.15, -0.1) is 0 Å². The molecule has 0 aliphatic rings. The molecule has 0 aliphatic carbocycles. The first-order chi connectivity index (χ1) is 21.3. The zero-order valence-electron chi connectivity index (χ0n) is 28.1. The zero-order valence-corrected chi connectivity index (χ0v) is 28.1. The Morgan fingerprint density at radius 2 is 0.773 bits per heavy atom. The summed E-state index contributed by atoms with van der Waals surface area (Å²) in [6, 6.07) is 0. The van der Waals surface area contributed by atoms with Gasteiger partial charge in [-0.3, -0.25) is 4.79 Å². The predicted molar refractivity (Wildman–Crippen MR) is 166 cm³/mol. The molecule has 0 aliphatic heterocycles. The lowest BCUT2D eigenvalue weighted by molar-refractivity contribution is -0.160. The lowest BCUT2D eigenvalue weighted by atomic mass is 10.1. The molecule has 0 bridgehead atoms. The Labute approximate surface area is 266 Å². The number of ether oxygens (including phenoxy) is 10. The van der Waals surface area contributed by atoms with Gasteiger partial charge in [0, 0.05) is 6.42 Å². The van der Waals surface area contributed by atoms with Gasteiger partial charge in [-0.2, -0.15) is 0 Å². The van der Waals surface area contributed by atoms with E-state index in [2.05, 4.69) is 6.92 Å². The van der Waals surface area contributed by atoms with Gasteiger partial charge in [0.1, 0.15) is 18.8 Å². The highest BCUT2D eigenvalue weighted by molar-refractivity contribution is 5.71. The summed E-state index contributed by atoms with van der Waals surface area (Å²) in [7, 11) is 0. The Morgan fingerprint density at radius 1 is 0.432 bits per heavy atom. The molecule has 0 N–H and O–H groups in total. The van der Waals surface area contributed by atoms with E-state index in [0.717, 1.165) is 12.8 Å². The van der Waals surface area contributed by atoms with Gasteiger partial charge in [-0.05, 0) is 27.2 Å². The molecule has 12 nitrogen and oxygen atoms in total. The molecule has 0 heterocycles. The molecule has 0 unspecified atom stereocenters. The average molecular weight is 639 g/mol. The van der Waals surface area contributed by atoms with Crippen LogP contribution in [0.2, 0.25) is 0 Å². The fourth-order valence-corrected chi connectivity index (χ4v) is 3.58. The van der Waals surface area contributed by atoms with Crippen LogP contribution in [0.1, 0.15) is 79.1 Å². The second-order valence-electron chi connectivity index (χ2n) is 11.0. The van der Waals surface area contributed by atoms with E-state index in [-0.39, 0.29) is 25.2 Å². The molecule has 0 aromatic carbocycles. The van der Waals surface area contributed by atoms with Crippen molar-refractivity contribution in [2.75, 3.05) is 112 Å². The van der Waals surface area contributed by atoms with E-state index < -0.39 is 5.60 Å². The highest BCUT2D eigenvalue weighted by Crippen LogP contribution is 2.09. The van der Waals surface area contributed by atoms with E-state index >= 15 is 0 Å².